The Hall–Kier alpha value is -0.260. The maximum absolute atomic E-state index is 9.72. The second kappa shape index (κ2) is 15.6. The summed E-state index contributed by atoms with van der Waals surface area (Å²) in [4.78, 5) is 0. The van der Waals surface area contributed by atoms with Crippen LogP contribution in [0, 0.1) is 0 Å². The van der Waals surface area contributed by atoms with Crippen molar-refractivity contribution in [2.45, 2.75) is 55.4 Å². The Kier molecular flexibility index (Phi) is 18.0. The fourth-order valence-corrected chi connectivity index (χ4v) is 4.52. The minimum atomic E-state index is -4.59. The van der Waals surface area contributed by atoms with E-state index in [4.69, 9.17) is 0 Å². The molecule has 0 unspecified atom stereocenters. The maximum Gasteiger partial charge on any atom is 0.0955 e. The highest BCUT2D eigenvalue weighted by Crippen LogP contribution is 2.04. The molecular weight excluding hydrogens is 404 g/mol. The molecule has 8 nitrogen and oxygen atoms in total. The third kappa shape index (κ3) is 16.7. The van der Waals surface area contributed by atoms with Gasteiger partial charge in [0.15, 0.2) is 0 Å². The van der Waals surface area contributed by atoms with E-state index in [-0.39, 0.29) is 0 Å². The van der Waals surface area contributed by atoms with Crippen LogP contribution in [0.2, 0.25) is 0 Å². The van der Waals surface area contributed by atoms with Gasteiger partial charge in [-0.15, -0.1) is 0 Å². The van der Waals surface area contributed by atoms with Gasteiger partial charge in [0.1, 0.15) is 0 Å². The van der Waals surface area contributed by atoms with Crippen molar-refractivity contribution in [1.29, 1.82) is 0 Å². The summed E-state index contributed by atoms with van der Waals surface area (Å²) in [7, 11) is -9.17. The molecule has 0 aliphatic rings. The monoisotopic (exact) mass is 448 g/mol. The molecule has 0 rings (SSSR count). The van der Waals surface area contributed by atoms with Gasteiger partial charge in [-0.3, -0.25) is 0 Å². The van der Waals surface area contributed by atoms with Crippen LogP contribution in [0.25, 0.3) is 0 Å². The zero-order valence-corrected chi connectivity index (χ0v) is 20.9. The molecule has 0 spiro atoms. The zero-order valence-electron chi connectivity index (χ0n) is 19.2. The van der Waals surface area contributed by atoms with Gasteiger partial charge in [0, 0.05) is 0 Å². The minimum Gasteiger partial charge on any atom is -0.748 e. The number of rotatable bonds is 11. The van der Waals surface area contributed by atoms with Crippen LogP contribution in [-0.4, -0.2) is 98.8 Å². The minimum absolute atomic E-state index is 1.15. The molecule has 0 amide bonds. The molecule has 0 bridgehead atoms. The first kappa shape index (κ1) is 32.4. The molecule has 0 atom stereocenters. The Morgan fingerprint density at radius 2 is 0.607 bits per heavy atom. The molecule has 174 valence electrons. The summed E-state index contributed by atoms with van der Waals surface area (Å²) in [6.07, 6.45) is 0. The van der Waals surface area contributed by atoms with Gasteiger partial charge in [0.05, 0.1) is 84.1 Å². The van der Waals surface area contributed by atoms with E-state index in [0.717, 1.165) is 0 Å². The lowest BCUT2D eigenvalue weighted by Gasteiger charge is -2.34. The molecule has 0 aromatic rings. The lowest BCUT2D eigenvalue weighted by molar-refractivity contribution is -0.921. The van der Waals surface area contributed by atoms with Crippen LogP contribution >= 0.6 is 0 Å². The van der Waals surface area contributed by atoms with E-state index in [1.54, 1.807) is 0 Å². The van der Waals surface area contributed by atoms with Crippen molar-refractivity contribution in [3.63, 3.8) is 0 Å². The van der Waals surface area contributed by atoms with Gasteiger partial charge in [0.2, 0.25) is 0 Å². The van der Waals surface area contributed by atoms with Gasteiger partial charge < -0.3 is 18.1 Å². The third-order valence-electron chi connectivity index (χ3n) is 5.95. The van der Waals surface area contributed by atoms with E-state index in [2.05, 4.69) is 55.4 Å². The molecule has 0 fully saturated rings. The van der Waals surface area contributed by atoms with Gasteiger partial charge in [-0.2, -0.15) is 0 Å². The van der Waals surface area contributed by atoms with Crippen LogP contribution in [0.15, 0.2) is 0 Å². The zero-order chi connectivity index (χ0) is 23.1. The Morgan fingerprint density at radius 3 is 0.643 bits per heavy atom. The van der Waals surface area contributed by atoms with Gasteiger partial charge in [-0.05, 0) is 55.4 Å². The second-order valence-corrected chi connectivity index (χ2v) is 9.78. The van der Waals surface area contributed by atoms with E-state index < -0.39 is 31.7 Å². The average molecular weight is 449 g/mol. The van der Waals surface area contributed by atoms with Crippen molar-refractivity contribution >= 4 is 20.2 Å². The van der Waals surface area contributed by atoms with Crippen LogP contribution in [-0.2, 0) is 20.2 Å². The molecule has 0 N–H and O–H groups in total. The normalized spacial score (nSPS) is 12.5. The largest absolute Gasteiger partial charge is 0.748 e. The Balaban J connectivity index is -0.000000336. The van der Waals surface area contributed by atoms with Crippen molar-refractivity contribution in [2.75, 3.05) is 63.9 Å². The maximum atomic E-state index is 9.72. The summed E-state index contributed by atoms with van der Waals surface area (Å²) in [6, 6.07) is 0. The summed E-state index contributed by atoms with van der Waals surface area (Å²) in [5, 5.41) is 0. The summed E-state index contributed by atoms with van der Waals surface area (Å²) < 4.78 is 60.9. The van der Waals surface area contributed by atoms with E-state index in [1.165, 1.54) is 61.3 Å². The number of quaternary nitrogens is 2. The van der Waals surface area contributed by atoms with Gasteiger partial charge in [-0.25, -0.2) is 16.8 Å². The number of nitrogens with zero attached hydrogens (tertiary/aromatic N) is 2. The van der Waals surface area contributed by atoms with E-state index in [1.807, 2.05) is 0 Å². The van der Waals surface area contributed by atoms with Crippen LogP contribution in [0.3, 0.4) is 0 Å². The first-order valence-corrected chi connectivity index (χ1v) is 13.4. The first-order valence-electron chi connectivity index (χ1n) is 10.3. The molecule has 0 saturated carbocycles. The molecular formula is C18H44N2O6S2. The highest BCUT2D eigenvalue weighted by molar-refractivity contribution is 7.89. The Bertz CT molecular complexity index is 482. The summed E-state index contributed by atoms with van der Waals surface area (Å²) in [5.41, 5.74) is 0. The molecule has 10 heteroatoms. The average Bonchev–Trinajstić information content (AvgIpc) is 2.65. The lowest BCUT2D eigenvalue weighted by atomic mass is 10.3. The molecule has 0 aromatic carbocycles. The van der Waals surface area contributed by atoms with Crippen molar-refractivity contribution < 1.29 is 34.9 Å². The van der Waals surface area contributed by atoms with Crippen molar-refractivity contribution in [1.82, 2.24) is 0 Å². The van der Waals surface area contributed by atoms with Gasteiger partial charge in [0.25, 0.3) is 0 Å². The van der Waals surface area contributed by atoms with Crippen LogP contribution in [0.4, 0.5) is 0 Å². The molecule has 0 radical (unpaired) electrons. The molecule has 0 saturated heterocycles. The van der Waals surface area contributed by atoms with Crippen LogP contribution in [0.1, 0.15) is 55.4 Å². The fraction of sp³-hybridized carbons (Fsp3) is 1.00. The molecule has 0 heterocycles. The third-order valence-corrected chi connectivity index (χ3v) is 7.62. The Morgan fingerprint density at radius 1 is 0.464 bits per heavy atom. The van der Waals surface area contributed by atoms with Gasteiger partial charge >= 0.3 is 0 Å². The van der Waals surface area contributed by atoms with E-state index in [9.17, 15) is 25.9 Å². The van der Waals surface area contributed by atoms with Crippen LogP contribution < -0.4 is 0 Å². The lowest BCUT2D eigenvalue weighted by Crippen LogP contribution is -2.47. The van der Waals surface area contributed by atoms with Crippen molar-refractivity contribution in [3.05, 3.63) is 0 Å². The van der Waals surface area contributed by atoms with E-state index in [0.29, 0.717) is 0 Å². The summed E-state index contributed by atoms with van der Waals surface area (Å²) in [5.74, 6) is -2.31. The predicted octanol–water partition coefficient (Wildman–Crippen LogP) is 1.84. The van der Waals surface area contributed by atoms with Crippen molar-refractivity contribution in [3.8, 4) is 0 Å². The molecule has 28 heavy (non-hydrogen) atoms. The van der Waals surface area contributed by atoms with E-state index >= 15 is 0 Å². The highest BCUT2D eigenvalue weighted by Gasteiger charge is 2.16. The van der Waals surface area contributed by atoms with Gasteiger partial charge in [-0.1, -0.05) is 0 Å². The van der Waals surface area contributed by atoms with Crippen LogP contribution in [0.5, 0.6) is 0 Å². The topological polar surface area (TPSA) is 114 Å². The molecule has 0 aromatic heterocycles. The molecule has 0 aliphatic heterocycles. The number of hydrogen-bond donors (Lipinski definition) is 0. The quantitative estimate of drug-likeness (QED) is 0.352. The Labute approximate surface area is 174 Å². The summed E-state index contributed by atoms with van der Waals surface area (Å²) in [6.45, 7) is 28.4. The predicted molar refractivity (Wildman–Crippen MR) is 114 cm³/mol. The van der Waals surface area contributed by atoms with Crippen molar-refractivity contribution in [2.24, 2.45) is 0 Å². The summed E-state index contributed by atoms with van der Waals surface area (Å²) >= 11 is 0. The smallest absolute Gasteiger partial charge is 0.0955 e. The fourth-order valence-electron chi connectivity index (χ4n) is 2.89. The number of hydrogen-bond acceptors (Lipinski definition) is 6. The first-order chi connectivity index (χ1) is 12.7. The SMILES string of the molecule is CC[N+](CC)(CC)CC.CC[N+](CC)(CC)CC.O=S(=O)([O-])CCS(=O)(=O)[O-]. The second-order valence-electron chi connectivity index (χ2n) is 6.74. The molecule has 0 aliphatic carbocycles. The highest BCUT2D eigenvalue weighted by atomic mass is 32.2. The standard InChI is InChI=1S/2C8H20N.C2H6O6S2/c2*1-5-9(6-2,7-3)8-4;3-9(4,5)1-2-10(6,7)8/h2*5-8H2,1-4H3;1-2H2,(H,3,4,5)(H,6,7,8)/q2*+1;/p-2.